The van der Waals surface area contributed by atoms with E-state index < -0.39 is 0 Å². The van der Waals surface area contributed by atoms with E-state index in [4.69, 9.17) is 5.73 Å². The van der Waals surface area contributed by atoms with Crippen LogP contribution in [0.25, 0.3) is 0 Å². The first-order valence-electron chi connectivity index (χ1n) is 10.2. The number of fused-ring (bicyclic) bond motifs is 1. The van der Waals surface area contributed by atoms with Crippen LogP contribution in [0.4, 0.5) is 0 Å². The van der Waals surface area contributed by atoms with Crippen LogP contribution >= 0.6 is 0 Å². The Morgan fingerprint density at radius 2 is 1.82 bits per heavy atom. The third-order valence-electron chi connectivity index (χ3n) is 7.76. The van der Waals surface area contributed by atoms with Crippen molar-refractivity contribution in [3.8, 4) is 0 Å². The minimum atomic E-state index is 0.424. The zero-order valence-electron chi connectivity index (χ0n) is 15.9. The Morgan fingerprint density at radius 1 is 1.09 bits per heavy atom. The Kier molecular flexibility index (Phi) is 6.39. The molecule has 2 N–H and O–H groups in total. The van der Waals surface area contributed by atoms with Gasteiger partial charge in [0, 0.05) is 6.04 Å². The molecular formula is C21H41N. The molecule has 130 valence electrons. The molecule has 0 heterocycles. The molecule has 0 bridgehead atoms. The molecule has 2 rings (SSSR count). The van der Waals surface area contributed by atoms with E-state index in [1.807, 2.05) is 0 Å². The quantitative estimate of drug-likeness (QED) is 0.583. The molecule has 0 aliphatic heterocycles. The fourth-order valence-electron chi connectivity index (χ4n) is 6.30. The Balaban J connectivity index is 1.97. The van der Waals surface area contributed by atoms with Crippen molar-refractivity contribution >= 4 is 0 Å². The number of hydrogen-bond donors (Lipinski definition) is 1. The molecule has 2 aliphatic carbocycles. The van der Waals surface area contributed by atoms with Crippen molar-refractivity contribution in [3.05, 3.63) is 0 Å². The molecule has 7 unspecified atom stereocenters. The first-order valence-corrected chi connectivity index (χ1v) is 10.2. The lowest BCUT2D eigenvalue weighted by Crippen LogP contribution is -2.30. The summed E-state index contributed by atoms with van der Waals surface area (Å²) in [5, 5.41) is 0. The van der Waals surface area contributed by atoms with Gasteiger partial charge in [0.2, 0.25) is 0 Å². The standard InChI is InChI=1S/C21H41N/c1-6-9-15(4)20(22)13-11-18-16(7-2)14-21(5)17(8-3)10-12-19(18)21/h15-20H,6-14,22H2,1-5H3. The van der Waals surface area contributed by atoms with E-state index in [2.05, 4.69) is 34.6 Å². The van der Waals surface area contributed by atoms with E-state index in [0.29, 0.717) is 17.4 Å². The second kappa shape index (κ2) is 7.69. The molecule has 7 atom stereocenters. The first-order chi connectivity index (χ1) is 10.5. The molecule has 22 heavy (non-hydrogen) atoms. The Morgan fingerprint density at radius 3 is 2.41 bits per heavy atom. The minimum Gasteiger partial charge on any atom is -0.327 e. The SMILES string of the molecule is CCCC(C)C(N)CCC1C(CC)CC2(C)C(CC)CCC12. The van der Waals surface area contributed by atoms with Crippen LogP contribution in [0.2, 0.25) is 0 Å². The van der Waals surface area contributed by atoms with Gasteiger partial charge in [-0.15, -0.1) is 0 Å². The molecule has 1 nitrogen and oxygen atoms in total. The van der Waals surface area contributed by atoms with Gasteiger partial charge in [-0.3, -0.25) is 0 Å². The van der Waals surface area contributed by atoms with Crippen LogP contribution in [0.1, 0.15) is 92.4 Å². The van der Waals surface area contributed by atoms with Crippen LogP contribution in [-0.2, 0) is 0 Å². The van der Waals surface area contributed by atoms with Crippen molar-refractivity contribution in [3.63, 3.8) is 0 Å². The zero-order chi connectivity index (χ0) is 16.3. The molecule has 0 aromatic heterocycles. The van der Waals surface area contributed by atoms with Gasteiger partial charge >= 0.3 is 0 Å². The van der Waals surface area contributed by atoms with Crippen LogP contribution in [-0.4, -0.2) is 6.04 Å². The largest absolute Gasteiger partial charge is 0.327 e. The van der Waals surface area contributed by atoms with Crippen LogP contribution in [0.15, 0.2) is 0 Å². The number of rotatable bonds is 8. The summed E-state index contributed by atoms with van der Waals surface area (Å²) in [5.41, 5.74) is 7.14. The Bertz CT molecular complexity index is 339. The average molecular weight is 308 g/mol. The van der Waals surface area contributed by atoms with E-state index >= 15 is 0 Å². The lowest BCUT2D eigenvalue weighted by molar-refractivity contribution is 0.164. The van der Waals surface area contributed by atoms with Crippen molar-refractivity contribution in [2.75, 3.05) is 0 Å². The summed E-state index contributed by atoms with van der Waals surface area (Å²) in [5.74, 6) is 4.62. The topological polar surface area (TPSA) is 26.0 Å². The third-order valence-corrected chi connectivity index (χ3v) is 7.76. The molecule has 0 aromatic carbocycles. The van der Waals surface area contributed by atoms with Crippen molar-refractivity contribution < 1.29 is 0 Å². The van der Waals surface area contributed by atoms with Gasteiger partial charge in [-0.2, -0.15) is 0 Å². The predicted molar refractivity (Wildman–Crippen MR) is 97.8 cm³/mol. The lowest BCUT2D eigenvalue weighted by atomic mass is 9.72. The van der Waals surface area contributed by atoms with Crippen LogP contribution in [0.5, 0.6) is 0 Å². The van der Waals surface area contributed by atoms with Crippen LogP contribution in [0, 0.1) is 35.0 Å². The van der Waals surface area contributed by atoms with E-state index in [9.17, 15) is 0 Å². The highest BCUT2D eigenvalue weighted by atomic mass is 14.7. The monoisotopic (exact) mass is 307 g/mol. The summed E-state index contributed by atoms with van der Waals surface area (Å²) in [4.78, 5) is 0. The van der Waals surface area contributed by atoms with Crippen molar-refractivity contribution in [2.24, 2.45) is 40.7 Å². The molecule has 0 radical (unpaired) electrons. The first kappa shape index (κ1) is 18.3. The maximum Gasteiger partial charge on any atom is 0.00646 e. The molecule has 0 spiro atoms. The lowest BCUT2D eigenvalue weighted by Gasteiger charge is -2.33. The molecule has 1 heteroatoms. The summed E-state index contributed by atoms with van der Waals surface area (Å²) in [7, 11) is 0. The minimum absolute atomic E-state index is 0.424. The Hall–Kier alpha value is -0.0400. The van der Waals surface area contributed by atoms with Crippen LogP contribution < -0.4 is 5.73 Å². The summed E-state index contributed by atoms with van der Waals surface area (Å²) in [6.07, 6.45) is 12.5. The second-order valence-electron chi connectivity index (χ2n) is 8.84. The second-order valence-corrected chi connectivity index (χ2v) is 8.84. The van der Waals surface area contributed by atoms with E-state index in [1.54, 1.807) is 0 Å². The summed E-state index contributed by atoms with van der Waals surface area (Å²) >= 11 is 0. The van der Waals surface area contributed by atoms with Crippen molar-refractivity contribution in [1.82, 2.24) is 0 Å². The zero-order valence-corrected chi connectivity index (χ0v) is 15.9. The maximum atomic E-state index is 6.49. The summed E-state index contributed by atoms with van der Waals surface area (Å²) in [6.45, 7) is 12.1. The van der Waals surface area contributed by atoms with Crippen molar-refractivity contribution in [1.29, 1.82) is 0 Å². The Labute approximate surface area is 139 Å². The fraction of sp³-hybridized carbons (Fsp3) is 1.00. The van der Waals surface area contributed by atoms with E-state index in [1.165, 1.54) is 57.8 Å². The fourth-order valence-corrected chi connectivity index (χ4v) is 6.30. The average Bonchev–Trinajstić information content (AvgIpc) is 2.96. The smallest absolute Gasteiger partial charge is 0.00646 e. The molecular weight excluding hydrogens is 266 g/mol. The summed E-state index contributed by atoms with van der Waals surface area (Å²) < 4.78 is 0. The van der Waals surface area contributed by atoms with E-state index in [0.717, 1.165) is 23.7 Å². The molecule has 0 aromatic rings. The van der Waals surface area contributed by atoms with Crippen molar-refractivity contribution in [2.45, 2.75) is 98.4 Å². The highest BCUT2D eigenvalue weighted by Gasteiger charge is 2.55. The molecule has 0 amide bonds. The molecule has 2 aliphatic rings. The molecule has 0 saturated heterocycles. The van der Waals surface area contributed by atoms with Gasteiger partial charge in [0.15, 0.2) is 0 Å². The van der Waals surface area contributed by atoms with E-state index in [-0.39, 0.29) is 0 Å². The maximum absolute atomic E-state index is 6.49. The predicted octanol–water partition coefficient (Wildman–Crippen LogP) is 6.02. The third kappa shape index (κ3) is 3.40. The van der Waals surface area contributed by atoms with Gasteiger partial charge in [-0.25, -0.2) is 0 Å². The molecule has 2 fully saturated rings. The van der Waals surface area contributed by atoms with Gasteiger partial charge in [-0.1, -0.05) is 53.9 Å². The molecule has 2 saturated carbocycles. The normalized spacial score (nSPS) is 40.6. The van der Waals surface area contributed by atoms with Gasteiger partial charge < -0.3 is 5.73 Å². The van der Waals surface area contributed by atoms with Crippen LogP contribution in [0.3, 0.4) is 0 Å². The van der Waals surface area contributed by atoms with Gasteiger partial charge in [0.25, 0.3) is 0 Å². The highest BCUT2D eigenvalue weighted by molar-refractivity contribution is 5.05. The van der Waals surface area contributed by atoms with Gasteiger partial charge in [0.1, 0.15) is 0 Å². The highest BCUT2D eigenvalue weighted by Crippen LogP contribution is 2.63. The number of hydrogen-bond acceptors (Lipinski definition) is 1. The van der Waals surface area contributed by atoms with Gasteiger partial charge in [0.05, 0.1) is 0 Å². The van der Waals surface area contributed by atoms with Gasteiger partial charge in [-0.05, 0) is 73.5 Å². The number of nitrogens with two attached hydrogens (primary N) is 1. The summed E-state index contributed by atoms with van der Waals surface area (Å²) in [6, 6.07) is 0.424.